The van der Waals surface area contributed by atoms with Crippen LogP contribution in [0.3, 0.4) is 0 Å². The first-order valence-corrected chi connectivity index (χ1v) is 5.81. The summed E-state index contributed by atoms with van der Waals surface area (Å²) in [4.78, 5) is 0. The molecule has 0 spiro atoms. The first-order chi connectivity index (χ1) is 7.88. The van der Waals surface area contributed by atoms with E-state index >= 15 is 0 Å². The molecule has 1 aliphatic rings. The third-order valence-corrected chi connectivity index (χ3v) is 3.29. The van der Waals surface area contributed by atoms with E-state index in [0.29, 0.717) is 17.5 Å². The average Bonchev–Trinajstić information content (AvgIpc) is 2.93. The molecular weight excluding hydrogens is 227 g/mol. The Bertz CT molecular complexity index is 400. The van der Waals surface area contributed by atoms with Crippen LogP contribution in [0.15, 0.2) is 24.3 Å². The molecule has 0 saturated heterocycles. The summed E-state index contributed by atoms with van der Waals surface area (Å²) in [5.41, 5.74) is 0.117. The van der Waals surface area contributed by atoms with Crippen LogP contribution in [0, 0.1) is 5.92 Å². The lowest BCUT2D eigenvalue weighted by Gasteiger charge is -2.16. The number of benzene rings is 1. The quantitative estimate of drug-likeness (QED) is 0.852. The SMILES string of the molecule is CC(NC1CC1C)c1cccc(C(F)(F)F)c1. The molecule has 1 aliphatic carbocycles. The van der Waals surface area contributed by atoms with Gasteiger partial charge in [-0.1, -0.05) is 19.1 Å². The molecule has 1 nitrogen and oxygen atoms in total. The number of nitrogens with one attached hydrogen (secondary N) is 1. The van der Waals surface area contributed by atoms with Crippen molar-refractivity contribution >= 4 is 0 Å². The topological polar surface area (TPSA) is 12.0 Å². The fraction of sp³-hybridized carbons (Fsp3) is 0.538. The van der Waals surface area contributed by atoms with Gasteiger partial charge in [-0.3, -0.25) is 0 Å². The fourth-order valence-electron chi connectivity index (χ4n) is 1.96. The molecule has 1 aromatic rings. The summed E-state index contributed by atoms with van der Waals surface area (Å²) in [6.45, 7) is 4.04. The molecule has 2 rings (SSSR count). The van der Waals surface area contributed by atoms with Crippen molar-refractivity contribution in [2.24, 2.45) is 5.92 Å². The van der Waals surface area contributed by atoms with Crippen molar-refractivity contribution in [1.29, 1.82) is 0 Å². The first kappa shape index (κ1) is 12.4. The van der Waals surface area contributed by atoms with Gasteiger partial charge in [-0.25, -0.2) is 0 Å². The zero-order valence-corrected chi connectivity index (χ0v) is 9.88. The molecule has 3 atom stereocenters. The van der Waals surface area contributed by atoms with Crippen molar-refractivity contribution in [3.8, 4) is 0 Å². The van der Waals surface area contributed by atoms with E-state index in [1.807, 2.05) is 6.92 Å². The third-order valence-electron chi connectivity index (χ3n) is 3.29. The second kappa shape index (κ2) is 4.33. The largest absolute Gasteiger partial charge is 0.416 e. The van der Waals surface area contributed by atoms with Gasteiger partial charge in [-0.2, -0.15) is 13.2 Å². The van der Waals surface area contributed by atoms with Gasteiger partial charge in [-0.15, -0.1) is 0 Å². The van der Waals surface area contributed by atoms with Crippen molar-refractivity contribution in [3.63, 3.8) is 0 Å². The van der Waals surface area contributed by atoms with Crippen molar-refractivity contribution in [2.45, 2.75) is 38.5 Å². The van der Waals surface area contributed by atoms with E-state index in [0.717, 1.165) is 12.5 Å². The molecule has 1 aromatic carbocycles. The molecule has 17 heavy (non-hydrogen) atoms. The summed E-state index contributed by atoms with van der Waals surface area (Å²) < 4.78 is 37.6. The van der Waals surface area contributed by atoms with Crippen LogP contribution in [-0.2, 0) is 6.18 Å². The maximum absolute atomic E-state index is 12.5. The molecule has 0 heterocycles. The maximum atomic E-state index is 12.5. The van der Waals surface area contributed by atoms with E-state index in [-0.39, 0.29) is 6.04 Å². The number of halogens is 3. The Balaban J connectivity index is 2.10. The van der Waals surface area contributed by atoms with Crippen LogP contribution in [0.25, 0.3) is 0 Å². The Morgan fingerprint density at radius 3 is 2.53 bits per heavy atom. The number of rotatable bonds is 3. The molecule has 94 valence electrons. The molecule has 1 N–H and O–H groups in total. The van der Waals surface area contributed by atoms with Gasteiger partial charge >= 0.3 is 6.18 Å². The van der Waals surface area contributed by atoms with E-state index in [2.05, 4.69) is 12.2 Å². The standard InChI is InChI=1S/C13H16F3N/c1-8-6-12(8)17-9(2)10-4-3-5-11(7-10)13(14,15)16/h3-5,7-9,12,17H,6H2,1-2H3. The van der Waals surface area contributed by atoms with Crippen LogP contribution in [0.5, 0.6) is 0 Å². The fourth-order valence-corrected chi connectivity index (χ4v) is 1.96. The molecule has 0 amide bonds. The maximum Gasteiger partial charge on any atom is 0.416 e. The van der Waals surface area contributed by atoms with Crippen molar-refractivity contribution in [2.75, 3.05) is 0 Å². The zero-order valence-electron chi connectivity index (χ0n) is 9.88. The van der Waals surface area contributed by atoms with Gasteiger partial charge in [0.15, 0.2) is 0 Å². The summed E-state index contributed by atoms with van der Waals surface area (Å²) >= 11 is 0. The molecule has 0 aliphatic heterocycles. The predicted molar refractivity (Wildman–Crippen MR) is 60.6 cm³/mol. The summed E-state index contributed by atoms with van der Waals surface area (Å²) in [5, 5.41) is 3.33. The normalized spacial score (nSPS) is 25.7. The van der Waals surface area contributed by atoms with Crippen LogP contribution in [0.2, 0.25) is 0 Å². The minimum Gasteiger partial charge on any atom is -0.307 e. The lowest BCUT2D eigenvalue weighted by molar-refractivity contribution is -0.137. The van der Waals surface area contributed by atoms with Gasteiger partial charge in [0.05, 0.1) is 5.56 Å². The second-order valence-corrected chi connectivity index (χ2v) is 4.83. The summed E-state index contributed by atoms with van der Waals surface area (Å²) in [5.74, 6) is 0.642. The van der Waals surface area contributed by atoms with E-state index in [1.54, 1.807) is 6.07 Å². The summed E-state index contributed by atoms with van der Waals surface area (Å²) in [6, 6.07) is 5.96. The van der Waals surface area contributed by atoms with Gasteiger partial charge < -0.3 is 5.32 Å². The van der Waals surface area contributed by atoms with E-state index in [9.17, 15) is 13.2 Å². The Hall–Kier alpha value is -1.03. The van der Waals surface area contributed by atoms with Crippen LogP contribution >= 0.6 is 0 Å². The van der Waals surface area contributed by atoms with Crippen molar-refractivity contribution in [3.05, 3.63) is 35.4 Å². The highest BCUT2D eigenvalue weighted by molar-refractivity contribution is 5.27. The van der Waals surface area contributed by atoms with Gasteiger partial charge in [0.1, 0.15) is 0 Å². The Kier molecular flexibility index (Phi) is 3.17. The van der Waals surface area contributed by atoms with Crippen molar-refractivity contribution < 1.29 is 13.2 Å². The lowest BCUT2D eigenvalue weighted by Crippen LogP contribution is -2.22. The molecule has 1 fully saturated rings. The average molecular weight is 243 g/mol. The monoisotopic (exact) mass is 243 g/mol. The zero-order chi connectivity index (χ0) is 12.6. The summed E-state index contributed by atoms with van der Waals surface area (Å²) in [7, 11) is 0. The van der Waals surface area contributed by atoms with Crippen LogP contribution in [-0.4, -0.2) is 6.04 Å². The smallest absolute Gasteiger partial charge is 0.307 e. The van der Waals surface area contributed by atoms with E-state index < -0.39 is 11.7 Å². The molecule has 1 saturated carbocycles. The van der Waals surface area contributed by atoms with Gasteiger partial charge in [0.25, 0.3) is 0 Å². The highest BCUT2D eigenvalue weighted by Crippen LogP contribution is 2.33. The molecule has 4 heteroatoms. The highest BCUT2D eigenvalue weighted by Gasteiger charge is 2.34. The Morgan fingerprint density at radius 2 is 2.00 bits per heavy atom. The molecule has 3 unspecified atom stereocenters. The minimum atomic E-state index is -4.26. The second-order valence-electron chi connectivity index (χ2n) is 4.83. The highest BCUT2D eigenvalue weighted by atomic mass is 19.4. The van der Waals surface area contributed by atoms with Crippen molar-refractivity contribution in [1.82, 2.24) is 5.32 Å². The number of hydrogen-bond donors (Lipinski definition) is 1. The van der Waals surface area contributed by atoms with Crippen LogP contribution < -0.4 is 5.32 Å². The number of hydrogen-bond acceptors (Lipinski definition) is 1. The molecular formula is C13H16F3N. The lowest BCUT2D eigenvalue weighted by atomic mass is 10.0. The van der Waals surface area contributed by atoms with Gasteiger partial charge in [0, 0.05) is 12.1 Å². The van der Waals surface area contributed by atoms with Crippen LogP contribution in [0.4, 0.5) is 13.2 Å². The third kappa shape index (κ3) is 3.00. The van der Waals surface area contributed by atoms with Gasteiger partial charge in [0.2, 0.25) is 0 Å². The van der Waals surface area contributed by atoms with E-state index in [1.165, 1.54) is 12.1 Å². The molecule has 0 radical (unpaired) electrons. The van der Waals surface area contributed by atoms with Crippen LogP contribution in [0.1, 0.15) is 37.4 Å². The Labute approximate surface area is 99.0 Å². The minimum absolute atomic E-state index is 0.0350. The summed E-state index contributed by atoms with van der Waals surface area (Å²) in [6.07, 6.45) is -3.15. The van der Waals surface area contributed by atoms with Gasteiger partial charge in [-0.05, 0) is 37.0 Å². The van der Waals surface area contributed by atoms with E-state index in [4.69, 9.17) is 0 Å². The number of alkyl halides is 3. The first-order valence-electron chi connectivity index (χ1n) is 5.81. The Morgan fingerprint density at radius 1 is 1.35 bits per heavy atom. The molecule has 0 aromatic heterocycles. The predicted octanol–water partition coefficient (Wildman–Crippen LogP) is 3.76. The molecule has 0 bridgehead atoms.